The van der Waals surface area contributed by atoms with Gasteiger partial charge in [0.25, 0.3) is 0 Å². The number of halogens is 1. The normalized spacial score (nSPS) is 10.4. The SMILES string of the molecule is Cn1cc(C=O)c(-c2csc(Cl)c2)n1. The molecule has 0 N–H and O–H groups in total. The number of carbonyl (C=O) groups is 1. The molecule has 0 aliphatic heterocycles. The summed E-state index contributed by atoms with van der Waals surface area (Å²) in [6.07, 6.45) is 2.49. The molecule has 0 spiro atoms. The van der Waals surface area contributed by atoms with Crippen molar-refractivity contribution in [3.8, 4) is 11.3 Å². The van der Waals surface area contributed by atoms with Gasteiger partial charge in [0.05, 0.1) is 9.90 Å². The molecule has 0 unspecified atom stereocenters. The lowest BCUT2D eigenvalue weighted by atomic mass is 10.2. The topological polar surface area (TPSA) is 34.9 Å². The van der Waals surface area contributed by atoms with Crippen LogP contribution in [0.3, 0.4) is 0 Å². The van der Waals surface area contributed by atoms with Gasteiger partial charge in [-0.15, -0.1) is 11.3 Å². The highest BCUT2D eigenvalue weighted by atomic mass is 35.5. The lowest BCUT2D eigenvalue weighted by Crippen LogP contribution is -1.86. The number of aromatic nitrogens is 2. The van der Waals surface area contributed by atoms with Crippen LogP contribution in [0.25, 0.3) is 11.3 Å². The number of aldehydes is 1. The Hall–Kier alpha value is -1.13. The third-order valence-electron chi connectivity index (χ3n) is 1.82. The summed E-state index contributed by atoms with van der Waals surface area (Å²) in [7, 11) is 1.78. The van der Waals surface area contributed by atoms with E-state index < -0.39 is 0 Å². The quantitative estimate of drug-likeness (QED) is 0.738. The van der Waals surface area contributed by atoms with Gasteiger partial charge in [-0.3, -0.25) is 9.48 Å². The molecule has 2 rings (SSSR count). The first-order chi connectivity index (χ1) is 6.70. The fourth-order valence-corrected chi connectivity index (χ4v) is 2.12. The maximum absolute atomic E-state index is 10.7. The predicted molar refractivity (Wildman–Crippen MR) is 56.9 cm³/mol. The Morgan fingerprint density at radius 3 is 3.00 bits per heavy atom. The Kier molecular flexibility index (Phi) is 2.39. The van der Waals surface area contributed by atoms with E-state index in [2.05, 4.69) is 5.10 Å². The summed E-state index contributed by atoms with van der Waals surface area (Å²) in [6, 6.07) is 1.81. The fraction of sp³-hybridized carbons (Fsp3) is 0.111. The Labute approximate surface area is 89.9 Å². The van der Waals surface area contributed by atoms with E-state index in [1.165, 1.54) is 11.3 Å². The average molecular weight is 227 g/mol. The molecule has 14 heavy (non-hydrogen) atoms. The number of thiophene rings is 1. The van der Waals surface area contributed by atoms with Crippen molar-refractivity contribution in [1.82, 2.24) is 9.78 Å². The molecule has 5 heteroatoms. The van der Waals surface area contributed by atoms with E-state index in [0.717, 1.165) is 11.8 Å². The van der Waals surface area contributed by atoms with E-state index in [1.54, 1.807) is 17.9 Å². The van der Waals surface area contributed by atoms with E-state index in [0.29, 0.717) is 15.6 Å². The molecule has 3 nitrogen and oxygen atoms in total. The highest BCUT2D eigenvalue weighted by molar-refractivity contribution is 7.14. The van der Waals surface area contributed by atoms with Crippen LogP contribution < -0.4 is 0 Å². The maximum atomic E-state index is 10.7. The fourth-order valence-electron chi connectivity index (χ4n) is 1.25. The van der Waals surface area contributed by atoms with E-state index in [9.17, 15) is 4.79 Å². The summed E-state index contributed by atoms with van der Waals surface area (Å²) >= 11 is 7.24. The molecule has 2 heterocycles. The zero-order valence-electron chi connectivity index (χ0n) is 7.40. The van der Waals surface area contributed by atoms with Gasteiger partial charge in [0, 0.05) is 24.2 Å². The van der Waals surface area contributed by atoms with Crippen molar-refractivity contribution in [2.45, 2.75) is 0 Å². The van der Waals surface area contributed by atoms with Gasteiger partial charge < -0.3 is 0 Å². The summed E-state index contributed by atoms with van der Waals surface area (Å²) in [6.45, 7) is 0. The number of hydrogen-bond acceptors (Lipinski definition) is 3. The minimum atomic E-state index is 0.585. The zero-order chi connectivity index (χ0) is 10.1. The van der Waals surface area contributed by atoms with Crippen molar-refractivity contribution >= 4 is 29.2 Å². The molecule has 0 saturated heterocycles. The zero-order valence-corrected chi connectivity index (χ0v) is 8.97. The van der Waals surface area contributed by atoms with Crippen molar-refractivity contribution in [2.24, 2.45) is 7.05 Å². The molecule has 0 saturated carbocycles. The van der Waals surface area contributed by atoms with E-state index in [4.69, 9.17) is 11.6 Å². The molecular weight excluding hydrogens is 220 g/mol. The van der Waals surface area contributed by atoms with E-state index in [1.807, 2.05) is 11.4 Å². The first-order valence-electron chi connectivity index (χ1n) is 3.94. The van der Waals surface area contributed by atoms with Crippen LogP contribution in [0.2, 0.25) is 4.34 Å². The van der Waals surface area contributed by atoms with Gasteiger partial charge in [0.1, 0.15) is 5.69 Å². The van der Waals surface area contributed by atoms with Crippen LogP contribution in [0.5, 0.6) is 0 Å². The van der Waals surface area contributed by atoms with Crippen molar-refractivity contribution in [2.75, 3.05) is 0 Å². The molecule has 2 aromatic rings. The van der Waals surface area contributed by atoms with Crippen molar-refractivity contribution in [3.05, 3.63) is 27.5 Å². The molecule has 0 aliphatic rings. The molecule has 0 amide bonds. The predicted octanol–water partition coefficient (Wildman–Crippen LogP) is 2.61. The molecule has 0 fully saturated rings. The van der Waals surface area contributed by atoms with Crippen molar-refractivity contribution in [1.29, 1.82) is 0 Å². The van der Waals surface area contributed by atoms with Gasteiger partial charge in [-0.05, 0) is 6.07 Å². The number of nitrogens with zero attached hydrogens (tertiary/aromatic N) is 2. The minimum absolute atomic E-state index is 0.585. The Balaban J connectivity index is 2.55. The van der Waals surface area contributed by atoms with Gasteiger partial charge >= 0.3 is 0 Å². The largest absolute Gasteiger partial charge is 0.298 e. The Morgan fingerprint density at radius 2 is 2.43 bits per heavy atom. The van der Waals surface area contributed by atoms with Crippen LogP contribution in [-0.4, -0.2) is 16.1 Å². The Bertz CT molecular complexity index is 475. The van der Waals surface area contributed by atoms with Crippen molar-refractivity contribution < 1.29 is 4.79 Å². The second-order valence-electron chi connectivity index (χ2n) is 2.86. The van der Waals surface area contributed by atoms with Crippen LogP contribution >= 0.6 is 22.9 Å². The number of aryl methyl sites for hydroxylation is 1. The standard InChI is InChI=1S/C9H7ClN2OS/c1-12-3-7(4-13)9(11-12)6-2-8(10)14-5-6/h2-5H,1H3. The lowest BCUT2D eigenvalue weighted by molar-refractivity contribution is 0.112. The van der Waals surface area contributed by atoms with Gasteiger partial charge in [0.15, 0.2) is 6.29 Å². The third-order valence-corrected chi connectivity index (χ3v) is 2.92. The average Bonchev–Trinajstić information content (AvgIpc) is 2.71. The van der Waals surface area contributed by atoms with Crippen LogP contribution in [-0.2, 0) is 7.05 Å². The molecule has 0 radical (unpaired) electrons. The summed E-state index contributed by atoms with van der Waals surface area (Å²) < 4.78 is 2.31. The van der Waals surface area contributed by atoms with Gasteiger partial charge in [-0.1, -0.05) is 11.6 Å². The molecule has 0 bridgehead atoms. The number of hydrogen-bond donors (Lipinski definition) is 0. The number of rotatable bonds is 2. The third kappa shape index (κ3) is 1.58. The van der Waals surface area contributed by atoms with E-state index in [-0.39, 0.29) is 0 Å². The molecule has 0 aliphatic carbocycles. The number of carbonyl (C=O) groups excluding carboxylic acids is 1. The van der Waals surface area contributed by atoms with Crippen LogP contribution in [0.15, 0.2) is 17.6 Å². The smallest absolute Gasteiger partial charge is 0.153 e. The maximum Gasteiger partial charge on any atom is 0.153 e. The highest BCUT2D eigenvalue weighted by Gasteiger charge is 2.10. The van der Waals surface area contributed by atoms with Crippen LogP contribution in [0, 0.1) is 0 Å². The first-order valence-corrected chi connectivity index (χ1v) is 5.19. The lowest BCUT2D eigenvalue weighted by Gasteiger charge is -1.90. The van der Waals surface area contributed by atoms with E-state index >= 15 is 0 Å². The summed E-state index contributed by atoms with van der Waals surface area (Å²) in [5.74, 6) is 0. The summed E-state index contributed by atoms with van der Waals surface area (Å²) in [4.78, 5) is 10.7. The Morgan fingerprint density at radius 1 is 1.64 bits per heavy atom. The minimum Gasteiger partial charge on any atom is -0.298 e. The molecule has 0 atom stereocenters. The molecular formula is C9H7ClN2OS. The monoisotopic (exact) mass is 226 g/mol. The van der Waals surface area contributed by atoms with Crippen LogP contribution in [0.4, 0.5) is 0 Å². The molecule has 72 valence electrons. The summed E-state index contributed by atoms with van der Waals surface area (Å²) in [5, 5.41) is 6.09. The molecule has 0 aromatic carbocycles. The van der Waals surface area contributed by atoms with Crippen molar-refractivity contribution in [3.63, 3.8) is 0 Å². The van der Waals surface area contributed by atoms with Gasteiger partial charge in [0.2, 0.25) is 0 Å². The highest BCUT2D eigenvalue weighted by Crippen LogP contribution is 2.29. The van der Waals surface area contributed by atoms with Gasteiger partial charge in [-0.25, -0.2) is 0 Å². The first kappa shape index (κ1) is 9.43. The summed E-state index contributed by atoms with van der Waals surface area (Å²) in [5.41, 5.74) is 2.16. The second-order valence-corrected chi connectivity index (χ2v) is 4.41. The van der Waals surface area contributed by atoms with Gasteiger partial charge in [-0.2, -0.15) is 5.10 Å². The van der Waals surface area contributed by atoms with Crippen LogP contribution in [0.1, 0.15) is 10.4 Å². The molecule has 2 aromatic heterocycles. The second kappa shape index (κ2) is 3.55.